The lowest BCUT2D eigenvalue weighted by Crippen LogP contribution is -2.34. The minimum Gasteiger partial charge on any atom is -0.507 e. The van der Waals surface area contributed by atoms with Crippen LogP contribution in [0.15, 0.2) is 211 Å². The van der Waals surface area contributed by atoms with Crippen molar-refractivity contribution in [2.24, 2.45) is 20.4 Å². The van der Waals surface area contributed by atoms with E-state index in [0.29, 0.717) is 55.6 Å². The van der Waals surface area contributed by atoms with Crippen LogP contribution in [0.4, 0.5) is 33.2 Å². The number of amides is 3. The number of phenols is 2. The van der Waals surface area contributed by atoms with Crippen molar-refractivity contribution in [3.63, 3.8) is 0 Å². The van der Waals surface area contributed by atoms with E-state index >= 15 is 0 Å². The van der Waals surface area contributed by atoms with Crippen molar-refractivity contribution < 1.29 is 34.3 Å². The molecule has 3 amide bonds. The fraction of sp³-hybridized carbons (Fsp3) is 0.0179. The summed E-state index contributed by atoms with van der Waals surface area (Å²) in [6, 6.07) is 52.5. The number of aromatic hydroxyl groups is 2. The van der Waals surface area contributed by atoms with Crippen LogP contribution < -0.4 is 16.1 Å². The van der Waals surface area contributed by atoms with Crippen LogP contribution in [0, 0.1) is 0 Å². The van der Waals surface area contributed by atoms with Gasteiger partial charge in [0, 0.05) is 48.5 Å². The Morgan fingerprint density at radius 2 is 1.19 bits per heavy atom. The molecule has 16 heteroatoms. The Morgan fingerprint density at radius 1 is 0.583 bits per heavy atom. The summed E-state index contributed by atoms with van der Waals surface area (Å²) in [7, 11) is 0. The van der Waals surface area contributed by atoms with Crippen molar-refractivity contribution in [1.29, 1.82) is 0 Å². The smallest absolute Gasteiger partial charge is 0.326 e. The topological polar surface area (TPSA) is 196 Å². The molecule has 0 saturated heterocycles. The number of benzene rings is 9. The molecule has 0 aliphatic rings. The molecule has 0 aliphatic carbocycles. The predicted molar refractivity (Wildman–Crippen MR) is 287 cm³/mol. The normalized spacial score (nSPS) is 11.4. The molecule has 0 aliphatic heterocycles. The minimum absolute atomic E-state index is 0.0161. The van der Waals surface area contributed by atoms with E-state index in [1.54, 1.807) is 97.2 Å². The number of nitrogens with zero attached hydrogens (tertiary/aromatic N) is 4. The molecular formula is C56H39Br2N7O7. The number of nitrogens with one attached hydrogen (secondary N) is 3. The van der Waals surface area contributed by atoms with Gasteiger partial charge in [0.2, 0.25) is 6.40 Å². The third-order valence-electron chi connectivity index (χ3n) is 11.1. The molecule has 0 radical (unpaired) electrons. The second-order valence-corrected chi connectivity index (χ2v) is 17.8. The van der Waals surface area contributed by atoms with Crippen molar-refractivity contribution in [1.82, 2.24) is 5.32 Å². The van der Waals surface area contributed by atoms with Gasteiger partial charge in [0.05, 0.1) is 17.1 Å². The molecule has 72 heavy (non-hydrogen) atoms. The lowest BCUT2D eigenvalue weighted by molar-refractivity contribution is 0.0966. The average molecular weight is 1080 g/mol. The number of carbonyl (C=O) groups is 3. The van der Waals surface area contributed by atoms with Crippen LogP contribution in [0.3, 0.4) is 0 Å². The molecule has 9 rings (SSSR count). The first-order valence-corrected chi connectivity index (χ1v) is 23.6. The Morgan fingerprint density at radius 3 is 1.92 bits per heavy atom. The third kappa shape index (κ3) is 11.9. The van der Waals surface area contributed by atoms with Gasteiger partial charge < -0.3 is 25.2 Å². The van der Waals surface area contributed by atoms with Gasteiger partial charge in [-0.25, -0.2) is 10.3 Å². The first-order valence-electron chi connectivity index (χ1n) is 22.0. The average Bonchev–Trinajstić information content (AvgIpc) is 3.39. The number of fused-ring (bicyclic) bond motifs is 2. The highest BCUT2D eigenvalue weighted by Gasteiger charge is 2.15. The molecule has 5 N–H and O–H groups in total. The molecule has 354 valence electrons. The lowest BCUT2D eigenvalue weighted by Gasteiger charge is -2.09. The molecule has 9 aromatic rings. The van der Waals surface area contributed by atoms with Crippen molar-refractivity contribution in [3.05, 3.63) is 219 Å². The minimum atomic E-state index is -0.668. The number of oxime groups is 1. The number of anilines is 2. The maximum atomic E-state index is 13.5. The number of rotatable bonds is 15. The summed E-state index contributed by atoms with van der Waals surface area (Å²) in [5.74, 6) is -0.755. The number of ketones is 1. The van der Waals surface area contributed by atoms with E-state index < -0.39 is 11.9 Å². The van der Waals surface area contributed by atoms with Gasteiger partial charge >= 0.3 is 6.03 Å². The number of hydrogen-bond acceptors (Lipinski definition) is 12. The maximum Gasteiger partial charge on any atom is 0.326 e. The van der Waals surface area contributed by atoms with Crippen molar-refractivity contribution in [2.75, 3.05) is 10.8 Å². The SMILES string of the molecule is O=C(NC(=O)c1ccc2c(C=Nc3ccc(-c4ccc(C(=O)c5ccc(N=Nc6c(O)ccc7cc(CO/N=C/ONc8cccc(Br)c8)ccc67)cc5)cc4)cc3)c(O)ccc2c1)Nc1cccc(Br)c1. The van der Waals surface area contributed by atoms with Gasteiger partial charge in [0.25, 0.3) is 5.91 Å². The van der Waals surface area contributed by atoms with Gasteiger partial charge in [-0.1, -0.05) is 116 Å². The van der Waals surface area contributed by atoms with E-state index in [2.05, 4.69) is 68.4 Å². The molecule has 0 saturated carbocycles. The number of halogens is 2. The van der Waals surface area contributed by atoms with E-state index in [0.717, 1.165) is 43.1 Å². The van der Waals surface area contributed by atoms with E-state index in [9.17, 15) is 24.6 Å². The third-order valence-corrected chi connectivity index (χ3v) is 12.1. The Labute approximate surface area is 428 Å². The van der Waals surface area contributed by atoms with Gasteiger partial charge in [-0.3, -0.25) is 19.9 Å². The number of carbonyl (C=O) groups excluding carboxylic acids is 3. The number of hydrogen-bond donors (Lipinski definition) is 5. The summed E-state index contributed by atoms with van der Waals surface area (Å²) in [5.41, 5.74) is 9.84. The second-order valence-electron chi connectivity index (χ2n) is 16.0. The van der Waals surface area contributed by atoms with Gasteiger partial charge in [0.15, 0.2) is 5.78 Å². The Balaban J connectivity index is 0.786. The van der Waals surface area contributed by atoms with Crippen LogP contribution in [-0.4, -0.2) is 40.5 Å². The largest absolute Gasteiger partial charge is 0.507 e. The van der Waals surface area contributed by atoms with Gasteiger partial charge in [-0.15, -0.1) is 5.11 Å². The molecule has 0 atom stereocenters. The first kappa shape index (κ1) is 48.1. The molecule has 0 unspecified atom stereocenters. The van der Waals surface area contributed by atoms with E-state index in [1.165, 1.54) is 6.07 Å². The summed E-state index contributed by atoms with van der Waals surface area (Å²) in [6.45, 7) is 0.183. The Kier molecular flexibility index (Phi) is 14.8. The van der Waals surface area contributed by atoms with Crippen LogP contribution >= 0.6 is 31.9 Å². The lowest BCUT2D eigenvalue weighted by atomic mass is 9.99. The molecule has 0 bridgehead atoms. The Hall–Kier alpha value is -8.99. The van der Waals surface area contributed by atoms with Crippen LogP contribution in [0.5, 0.6) is 11.5 Å². The summed E-state index contributed by atoms with van der Waals surface area (Å²) >= 11 is 6.76. The number of urea groups is 1. The van der Waals surface area contributed by atoms with Crippen molar-refractivity contribution >= 4 is 112 Å². The monoisotopic (exact) mass is 1080 g/mol. The number of aliphatic imine (C=N–C) groups is 1. The number of imide groups is 1. The van der Waals surface area contributed by atoms with Crippen LogP contribution in [-0.2, 0) is 16.3 Å². The fourth-order valence-corrected chi connectivity index (χ4v) is 8.32. The summed E-state index contributed by atoms with van der Waals surface area (Å²) in [6.07, 6.45) is 2.73. The second kappa shape index (κ2) is 22.2. The van der Waals surface area contributed by atoms with Crippen molar-refractivity contribution in [2.45, 2.75) is 6.61 Å². The fourth-order valence-electron chi connectivity index (χ4n) is 7.53. The van der Waals surface area contributed by atoms with Gasteiger partial charge in [0.1, 0.15) is 23.8 Å². The standard InChI is InChI=1S/C56H39Br2N7O7/c57-42-3-1-5-46(29-42)61-56(70)62-55(69)41-16-24-48-40(28-41)17-25-51(66)50(48)31-59-44-19-12-36(13-20-44)35-8-10-37(11-9-35)54(68)38-14-21-45(22-15-38)63-64-53-49-23-7-34(27-39(49)18-26-52(53)67)32-71-60-33-72-65-47-6-2-4-43(58)30-47/h1-31,33,65-67H,32H2,(H2,61,62,69,70)/b59-31?,60-33+,64-63?. The first-order chi connectivity index (χ1) is 35.0. The van der Waals surface area contributed by atoms with E-state index in [1.807, 2.05) is 84.9 Å². The van der Waals surface area contributed by atoms with E-state index in [4.69, 9.17) is 9.68 Å². The summed E-state index contributed by atoms with van der Waals surface area (Å²) in [5, 5.41) is 41.8. The molecule has 0 heterocycles. The molecule has 0 fully saturated rings. The van der Waals surface area contributed by atoms with Gasteiger partial charge in [-0.05, 0) is 136 Å². The molecule has 14 nitrogen and oxygen atoms in total. The van der Waals surface area contributed by atoms with Crippen LogP contribution in [0.25, 0.3) is 32.7 Å². The summed E-state index contributed by atoms with van der Waals surface area (Å²) in [4.78, 5) is 54.1. The quantitative estimate of drug-likeness (QED) is 0.0220. The molecule has 0 aromatic heterocycles. The Bertz CT molecular complexity index is 3590. The highest BCUT2D eigenvalue weighted by molar-refractivity contribution is 9.10. The molecule has 9 aromatic carbocycles. The zero-order valence-corrected chi connectivity index (χ0v) is 40.8. The zero-order chi connectivity index (χ0) is 50.0. The molecule has 0 spiro atoms. The maximum absolute atomic E-state index is 13.5. The van der Waals surface area contributed by atoms with Gasteiger partial charge in [-0.2, -0.15) is 5.11 Å². The number of azo groups is 1. The van der Waals surface area contributed by atoms with E-state index in [-0.39, 0.29) is 29.5 Å². The highest BCUT2D eigenvalue weighted by Crippen LogP contribution is 2.37. The predicted octanol–water partition coefficient (Wildman–Crippen LogP) is 14.5. The number of phenolic OH excluding ortho intramolecular Hbond substituents is 2. The molecular weight excluding hydrogens is 1040 g/mol. The summed E-state index contributed by atoms with van der Waals surface area (Å²) < 4.78 is 1.69. The van der Waals surface area contributed by atoms with Crippen LogP contribution in [0.1, 0.15) is 37.4 Å². The van der Waals surface area contributed by atoms with Crippen molar-refractivity contribution in [3.8, 4) is 22.6 Å². The highest BCUT2D eigenvalue weighted by atomic mass is 79.9. The van der Waals surface area contributed by atoms with Crippen LogP contribution in [0.2, 0.25) is 0 Å². The zero-order valence-electron chi connectivity index (χ0n) is 37.7.